The van der Waals surface area contributed by atoms with Gasteiger partial charge in [0.1, 0.15) is 5.75 Å². The molecule has 0 aliphatic heterocycles. The van der Waals surface area contributed by atoms with E-state index in [9.17, 15) is 4.79 Å². The second-order valence-corrected chi connectivity index (χ2v) is 3.92. The normalized spacial score (nSPS) is 10.4. The van der Waals surface area contributed by atoms with E-state index in [0.29, 0.717) is 5.92 Å². The van der Waals surface area contributed by atoms with Crippen molar-refractivity contribution in [3.05, 3.63) is 29.8 Å². The summed E-state index contributed by atoms with van der Waals surface area (Å²) in [5.41, 5.74) is 3.04. The largest absolute Gasteiger partial charge is 0.493 e. The summed E-state index contributed by atoms with van der Waals surface area (Å²) in [6.45, 7) is 4.49. The van der Waals surface area contributed by atoms with Crippen LogP contribution in [0.25, 0.3) is 0 Å². The van der Waals surface area contributed by atoms with Crippen molar-refractivity contribution in [1.82, 2.24) is 5.59 Å². The lowest BCUT2D eigenvalue weighted by Gasteiger charge is -2.09. The molecule has 17 heavy (non-hydrogen) atoms. The molecule has 0 heterocycles. The van der Waals surface area contributed by atoms with E-state index in [1.165, 1.54) is 5.56 Å². The lowest BCUT2D eigenvalue weighted by molar-refractivity contribution is -0.151. The molecule has 0 bridgehead atoms. The van der Waals surface area contributed by atoms with Crippen LogP contribution in [0.5, 0.6) is 5.75 Å². The third-order valence-corrected chi connectivity index (χ3v) is 2.27. The zero-order valence-electron chi connectivity index (χ0n) is 10.1. The van der Waals surface area contributed by atoms with Gasteiger partial charge in [0.2, 0.25) is 0 Å². The van der Waals surface area contributed by atoms with Crippen LogP contribution < -0.4 is 16.2 Å². The van der Waals surface area contributed by atoms with Crippen LogP contribution in [0, 0.1) is 0 Å². The van der Waals surface area contributed by atoms with E-state index in [1.54, 1.807) is 0 Å². The molecule has 3 N–H and O–H groups in total. The molecule has 1 aromatic carbocycles. The van der Waals surface area contributed by atoms with Gasteiger partial charge in [0, 0.05) is 0 Å². The summed E-state index contributed by atoms with van der Waals surface area (Å²) in [6.07, 6.45) is 0.149. The predicted molar refractivity (Wildman–Crippen MR) is 64.1 cm³/mol. The molecule has 0 amide bonds. The molecule has 1 aromatic rings. The van der Waals surface area contributed by atoms with Gasteiger partial charge in [-0.25, -0.2) is 5.84 Å². The maximum atomic E-state index is 11.0. The van der Waals surface area contributed by atoms with E-state index in [0.717, 1.165) is 5.75 Å². The summed E-state index contributed by atoms with van der Waals surface area (Å²) in [7, 11) is 0. The van der Waals surface area contributed by atoms with Gasteiger partial charge in [-0.2, -0.15) is 0 Å². The van der Waals surface area contributed by atoms with Crippen LogP contribution in [0.2, 0.25) is 0 Å². The molecule has 0 fully saturated rings. The third kappa shape index (κ3) is 4.84. The lowest BCUT2D eigenvalue weighted by Crippen LogP contribution is -2.26. The molecule has 0 aliphatic rings. The van der Waals surface area contributed by atoms with Gasteiger partial charge in [-0.3, -0.25) is 4.79 Å². The van der Waals surface area contributed by atoms with Crippen LogP contribution in [-0.2, 0) is 9.63 Å². The zero-order valence-corrected chi connectivity index (χ0v) is 10.1. The van der Waals surface area contributed by atoms with Crippen molar-refractivity contribution in [1.29, 1.82) is 0 Å². The first-order chi connectivity index (χ1) is 8.13. The molecule has 0 saturated carbocycles. The second kappa shape index (κ2) is 6.88. The Morgan fingerprint density at radius 3 is 2.88 bits per heavy atom. The van der Waals surface area contributed by atoms with Crippen LogP contribution in [-0.4, -0.2) is 12.6 Å². The van der Waals surface area contributed by atoms with Gasteiger partial charge in [0.25, 0.3) is 0 Å². The van der Waals surface area contributed by atoms with E-state index < -0.39 is 5.97 Å². The standard InChI is InChI=1S/C12H18N2O3/c1-9(2)10-4-3-5-11(8-10)16-7-6-12(15)17-14-13/h3-5,8-9,14H,6-7,13H2,1-2H3. The van der Waals surface area contributed by atoms with E-state index in [-0.39, 0.29) is 13.0 Å². The van der Waals surface area contributed by atoms with E-state index in [4.69, 9.17) is 10.6 Å². The Labute approximate surface area is 101 Å². The first kappa shape index (κ1) is 13.5. The quantitative estimate of drug-likeness (QED) is 0.580. The first-order valence-electron chi connectivity index (χ1n) is 5.51. The smallest absolute Gasteiger partial charge is 0.329 e. The number of hydrogen-bond donors (Lipinski definition) is 2. The minimum atomic E-state index is -0.451. The molecule has 0 spiro atoms. The molecule has 0 atom stereocenters. The number of benzene rings is 1. The Morgan fingerprint density at radius 2 is 2.24 bits per heavy atom. The number of rotatable bonds is 6. The topological polar surface area (TPSA) is 73.6 Å². The molecule has 5 nitrogen and oxygen atoms in total. The summed E-state index contributed by atoms with van der Waals surface area (Å²) in [5, 5.41) is 0. The molecular formula is C12H18N2O3. The maximum Gasteiger partial charge on any atom is 0.329 e. The number of nitrogens with two attached hydrogens (primary N) is 1. The van der Waals surface area contributed by atoms with Gasteiger partial charge < -0.3 is 9.57 Å². The van der Waals surface area contributed by atoms with Crippen LogP contribution in [0.3, 0.4) is 0 Å². The first-order valence-corrected chi connectivity index (χ1v) is 5.51. The Kier molecular flexibility index (Phi) is 5.45. The third-order valence-electron chi connectivity index (χ3n) is 2.27. The Bertz CT molecular complexity index is 367. The highest BCUT2D eigenvalue weighted by molar-refractivity contribution is 5.69. The highest BCUT2D eigenvalue weighted by Crippen LogP contribution is 2.20. The highest BCUT2D eigenvalue weighted by atomic mass is 16.7. The summed E-state index contributed by atoms with van der Waals surface area (Å²) < 4.78 is 5.44. The van der Waals surface area contributed by atoms with E-state index >= 15 is 0 Å². The minimum Gasteiger partial charge on any atom is -0.493 e. The van der Waals surface area contributed by atoms with Crippen LogP contribution in [0.4, 0.5) is 0 Å². The molecule has 0 radical (unpaired) electrons. The van der Waals surface area contributed by atoms with Gasteiger partial charge >= 0.3 is 5.97 Å². The SMILES string of the molecule is CC(C)c1cccc(OCCC(=O)ONN)c1. The number of ether oxygens (including phenoxy) is 1. The summed E-state index contributed by atoms with van der Waals surface area (Å²) >= 11 is 0. The predicted octanol–water partition coefficient (Wildman–Crippen LogP) is 1.50. The summed E-state index contributed by atoms with van der Waals surface area (Å²) in [6, 6.07) is 7.81. The number of hydrazine groups is 1. The molecule has 0 aliphatic carbocycles. The summed E-state index contributed by atoms with van der Waals surface area (Å²) in [4.78, 5) is 15.3. The number of hydrogen-bond acceptors (Lipinski definition) is 5. The van der Waals surface area contributed by atoms with Crippen molar-refractivity contribution in [3.63, 3.8) is 0 Å². The fourth-order valence-corrected chi connectivity index (χ4v) is 1.33. The number of nitrogens with one attached hydrogen (secondary N) is 1. The molecule has 0 unspecified atom stereocenters. The van der Waals surface area contributed by atoms with Gasteiger partial charge in [0.15, 0.2) is 0 Å². The zero-order chi connectivity index (χ0) is 12.7. The van der Waals surface area contributed by atoms with Crippen molar-refractivity contribution in [2.45, 2.75) is 26.2 Å². The molecule has 0 saturated heterocycles. The Balaban J connectivity index is 2.41. The fourth-order valence-electron chi connectivity index (χ4n) is 1.33. The number of carbonyl (C=O) groups excluding carboxylic acids is 1. The Hall–Kier alpha value is -1.59. The van der Waals surface area contributed by atoms with Gasteiger partial charge in [0.05, 0.1) is 13.0 Å². The lowest BCUT2D eigenvalue weighted by atomic mass is 10.0. The monoisotopic (exact) mass is 238 g/mol. The van der Waals surface area contributed by atoms with Crippen molar-refractivity contribution < 1.29 is 14.4 Å². The maximum absolute atomic E-state index is 11.0. The minimum absolute atomic E-state index is 0.149. The summed E-state index contributed by atoms with van der Waals surface area (Å²) in [5.74, 6) is 5.58. The molecular weight excluding hydrogens is 220 g/mol. The molecule has 0 aromatic heterocycles. The molecule has 1 rings (SSSR count). The van der Waals surface area contributed by atoms with E-state index in [2.05, 4.69) is 18.7 Å². The van der Waals surface area contributed by atoms with Crippen molar-refractivity contribution >= 4 is 5.97 Å². The van der Waals surface area contributed by atoms with Crippen LogP contribution >= 0.6 is 0 Å². The van der Waals surface area contributed by atoms with E-state index in [1.807, 2.05) is 29.9 Å². The highest BCUT2D eigenvalue weighted by Gasteiger charge is 2.04. The van der Waals surface area contributed by atoms with Crippen LogP contribution in [0.1, 0.15) is 31.7 Å². The van der Waals surface area contributed by atoms with Gasteiger partial charge in [-0.15, -0.1) is 0 Å². The van der Waals surface area contributed by atoms with Crippen LogP contribution in [0.15, 0.2) is 24.3 Å². The van der Waals surface area contributed by atoms with Crippen molar-refractivity contribution in [2.75, 3.05) is 6.61 Å². The van der Waals surface area contributed by atoms with Crippen molar-refractivity contribution in [2.24, 2.45) is 5.84 Å². The van der Waals surface area contributed by atoms with Crippen molar-refractivity contribution in [3.8, 4) is 5.75 Å². The Morgan fingerprint density at radius 1 is 1.47 bits per heavy atom. The second-order valence-electron chi connectivity index (χ2n) is 3.92. The van der Waals surface area contributed by atoms with Gasteiger partial charge in [-0.05, 0) is 23.6 Å². The molecule has 5 heteroatoms. The average molecular weight is 238 g/mol. The average Bonchev–Trinajstić information content (AvgIpc) is 2.30. The number of carbonyl (C=O) groups is 1. The van der Waals surface area contributed by atoms with Gasteiger partial charge in [-0.1, -0.05) is 31.6 Å². The molecule has 94 valence electrons. The fraction of sp³-hybridized carbons (Fsp3) is 0.417.